The van der Waals surface area contributed by atoms with Crippen molar-refractivity contribution in [1.82, 2.24) is 29.8 Å². The van der Waals surface area contributed by atoms with Crippen LogP contribution in [0.25, 0.3) is 27.8 Å². The molecule has 2 N–H and O–H groups in total. The summed E-state index contributed by atoms with van der Waals surface area (Å²) in [7, 11) is 0. The molecule has 0 saturated heterocycles. The van der Waals surface area contributed by atoms with Crippen molar-refractivity contribution in [2.45, 2.75) is 13.3 Å². The molecule has 0 radical (unpaired) electrons. The Morgan fingerprint density at radius 2 is 1.96 bits per heavy atom. The number of H-pyrrole nitrogens is 1. The number of aromatic nitrogens is 6. The van der Waals surface area contributed by atoms with E-state index in [0.29, 0.717) is 28.7 Å². The van der Waals surface area contributed by atoms with Gasteiger partial charge < -0.3 is 10.1 Å². The van der Waals surface area contributed by atoms with E-state index in [-0.39, 0.29) is 5.75 Å². The molecule has 5 aromatic rings. The van der Waals surface area contributed by atoms with Crippen LogP contribution in [0.5, 0.6) is 5.75 Å². The van der Waals surface area contributed by atoms with Crippen molar-refractivity contribution in [1.29, 1.82) is 0 Å². The van der Waals surface area contributed by atoms with E-state index in [2.05, 4.69) is 20.2 Å². The second-order valence-corrected chi connectivity index (χ2v) is 6.69. The van der Waals surface area contributed by atoms with Gasteiger partial charge in [0.2, 0.25) is 0 Å². The van der Waals surface area contributed by atoms with E-state index in [1.165, 1.54) is 0 Å². The minimum atomic E-state index is 0.229. The summed E-state index contributed by atoms with van der Waals surface area (Å²) in [6, 6.07) is 10.8. The lowest BCUT2D eigenvalue weighted by atomic mass is 10.1. The van der Waals surface area contributed by atoms with Crippen molar-refractivity contribution < 1.29 is 5.11 Å². The number of hydrogen-bond donors (Lipinski definition) is 2. The van der Waals surface area contributed by atoms with E-state index in [1.54, 1.807) is 16.6 Å². The lowest BCUT2D eigenvalue weighted by molar-refractivity contribution is 0.475. The quantitative estimate of drug-likeness (QED) is 0.500. The molecule has 0 aliphatic carbocycles. The average molecular weight is 365 g/mol. The number of aryl methyl sites for hydroxylation is 1. The highest BCUT2D eigenvalue weighted by Gasteiger charge is 2.15. The number of rotatable bonds is 2. The van der Waals surface area contributed by atoms with E-state index in [4.69, 9.17) is 16.7 Å². The fourth-order valence-corrected chi connectivity index (χ4v) is 3.44. The molecule has 0 saturated carbocycles. The van der Waals surface area contributed by atoms with E-state index in [1.807, 2.05) is 31.2 Å². The van der Waals surface area contributed by atoms with Gasteiger partial charge in [0, 0.05) is 16.8 Å². The maximum atomic E-state index is 9.42. The minimum absolute atomic E-state index is 0.229. The van der Waals surface area contributed by atoms with Crippen LogP contribution in [0.1, 0.15) is 17.0 Å². The fraction of sp³-hybridized carbons (Fsp3) is 0.111. The summed E-state index contributed by atoms with van der Waals surface area (Å²) in [5, 5.41) is 24.1. The number of phenolic OH excluding ortho intramolecular Hbond substituents is 1. The Hall–Kier alpha value is -3.19. The van der Waals surface area contributed by atoms with Crippen molar-refractivity contribution in [2.75, 3.05) is 0 Å². The number of nitrogens with zero attached hydrogens (tertiary/aromatic N) is 5. The molecule has 2 aromatic carbocycles. The van der Waals surface area contributed by atoms with Crippen molar-refractivity contribution in [3.63, 3.8) is 0 Å². The van der Waals surface area contributed by atoms with E-state index in [9.17, 15) is 5.11 Å². The summed E-state index contributed by atoms with van der Waals surface area (Å²) in [5.74, 6) is 1.34. The number of nitrogens with one attached hydrogen (secondary N) is 1. The van der Waals surface area contributed by atoms with Gasteiger partial charge in [-0.1, -0.05) is 23.7 Å². The summed E-state index contributed by atoms with van der Waals surface area (Å²) >= 11 is 6.22. The molecule has 0 bridgehead atoms. The molecule has 7 nitrogen and oxygen atoms in total. The van der Waals surface area contributed by atoms with E-state index < -0.39 is 0 Å². The van der Waals surface area contributed by atoms with E-state index >= 15 is 0 Å². The predicted molar refractivity (Wildman–Crippen MR) is 98.6 cm³/mol. The van der Waals surface area contributed by atoms with Gasteiger partial charge in [-0.2, -0.15) is 14.6 Å². The molecule has 0 atom stereocenters. The highest BCUT2D eigenvalue weighted by atomic mass is 35.5. The Bertz CT molecular complexity index is 1290. The molecule has 0 amide bonds. The zero-order valence-electron chi connectivity index (χ0n) is 13.7. The van der Waals surface area contributed by atoms with Crippen molar-refractivity contribution in [3.05, 3.63) is 58.4 Å². The molecule has 8 heteroatoms. The van der Waals surface area contributed by atoms with Gasteiger partial charge in [-0.05, 0) is 42.3 Å². The van der Waals surface area contributed by atoms with Gasteiger partial charge >= 0.3 is 0 Å². The summed E-state index contributed by atoms with van der Waals surface area (Å²) < 4.78 is 1.65. The van der Waals surface area contributed by atoms with Crippen LogP contribution in [-0.4, -0.2) is 34.9 Å². The molecule has 5 rings (SSSR count). The Balaban J connectivity index is 1.71. The number of phenols is 1. The molecular weight excluding hydrogens is 352 g/mol. The van der Waals surface area contributed by atoms with Crippen molar-refractivity contribution in [2.24, 2.45) is 0 Å². The first-order valence-electron chi connectivity index (χ1n) is 8.06. The number of benzene rings is 2. The zero-order valence-corrected chi connectivity index (χ0v) is 14.5. The Morgan fingerprint density at radius 3 is 2.77 bits per heavy atom. The predicted octanol–water partition coefficient (Wildman–Crippen LogP) is 3.41. The molecular formula is C18H13ClN6O. The third kappa shape index (κ3) is 2.28. The number of hydrogen-bond acceptors (Lipinski definition) is 5. The molecule has 0 aliphatic heterocycles. The van der Waals surface area contributed by atoms with Gasteiger partial charge in [-0.15, -0.1) is 10.2 Å². The monoisotopic (exact) mass is 364 g/mol. The third-order valence-electron chi connectivity index (χ3n) is 4.42. The Labute approximate surface area is 152 Å². The van der Waals surface area contributed by atoms with Crippen LogP contribution in [0.4, 0.5) is 0 Å². The second kappa shape index (κ2) is 5.40. The first-order valence-corrected chi connectivity index (χ1v) is 8.44. The molecule has 3 heterocycles. The molecule has 0 fully saturated rings. The van der Waals surface area contributed by atoms with E-state index in [0.717, 1.165) is 27.5 Å². The highest BCUT2D eigenvalue weighted by molar-refractivity contribution is 6.32. The van der Waals surface area contributed by atoms with Crippen LogP contribution in [0.2, 0.25) is 5.02 Å². The van der Waals surface area contributed by atoms with Crippen LogP contribution in [0.15, 0.2) is 36.4 Å². The summed E-state index contributed by atoms with van der Waals surface area (Å²) in [6.45, 7) is 1.99. The molecule has 3 aromatic heterocycles. The summed E-state index contributed by atoms with van der Waals surface area (Å²) in [5.41, 5.74) is 4.38. The highest BCUT2D eigenvalue weighted by Crippen LogP contribution is 2.28. The molecule has 0 aliphatic rings. The number of fused-ring (bicyclic) bond motifs is 4. The largest absolute Gasteiger partial charge is 0.508 e. The molecule has 0 unspecified atom stereocenters. The van der Waals surface area contributed by atoms with Crippen LogP contribution >= 0.6 is 11.6 Å². The maximum Gasteiger partial charge on any atom is 0.273 e. The topological polar surface area (TPSA) is 92.0 Å². The van der Waals surface area contributed by atoms with Crippen LogP contribution in [0, 0.1) is 6.92 Å². The van der Waals surface area contributed by atoms with Crippen LogP contribution in [-0.2, 0) is 6.42 Å². The second-order valence-electron chi connectivity index (χ2n) is 6.25. The fourth-order valence-electron chi connectivity index (χ4n) is 3.16. The summed E-state index contributed by atoms with van der Waals surface area (Å²) in [4.78, 5) is 7.84. The van der Waals surface area contributed by atoms with Crippen molar-refractivity contribution in [3.8, 4) is 5.75 Å². The van der Waals surface area contributed by atoms with Gasteiger partial charge in [0.1, 0.15) is 11.3 Å². The maximum absolute atomic E-state index is 9.42. The standard InChI is InChI=1S/C18H13ClN6O/c1-9-6-11(19)8-13-15(9)20-17-16(13)24-25-14(22-23-18(25)21-17)7-10-2-4-12(26)5-3-10/h2-6,8,26H,7H2,1H3,(H,20,21,23). The average Bonchev–Trinajstić information content (AvgIpc) is 3.17. The smallest absolute Gasteiger partial charge is 0.273 e. The Morgan fingerprint density at radius 1 is 1.15 bits per heavy atom. The summed E-state index contributed by atoms with van der Waals surface area (Å²) in [6.07, 6.45) is 0.532. The van der Waals surface area contributed by atoms with Gasteiger partial charge in [-0.3, -0.25) is 0 Å². The number of aromatic hydroxyl groups is 1. The number of aromatic amines is 1. The minimum Gasteiger partial charge on any atom is -0.508 e. The Kier molecular flexibility index (Phi) is 3.14. The first-order chi connectivity index (χ1) is 12.6. The van der Waals surface area contributed by atoms with Crippen molar-refractivity contribution >= 4 is 39.4 Å². The van der Waals surface area contributed by atoms with Gasteiger partial charge in [0.25, 0.3) is 5.78 Å². The van der Waals surface area contributed by atoms with Crippen LogP contribution in [0.3, 0.4) is 0 Å². The first kappa shape index (κ1) is 15.1. The zero-order chi connectivity index (χ0) is 17.8. The van der Waals surface area contributed by atoms with Gasteiger partial charge in [0.15, 0.2) is 11.5 Å². The van der Waals surface area contributed by atoms with Crippen LogP contribution < -0.4 is 0 Å². The SMILES string of the molecule is Cc1cc(Cl)cc2c1[nH]c1nc3nnc(Cc4ccc(O)cc4)n3nc12. The lowest BCUT2D eigenvalue weighted by Crippen LogP contribution is -2.01. The molecule has 26 heavy (non-hydrogen) atoms. The molecule has 0 spiro atoms. The van der Waals surface area contributed by atoms with Gasteiger partial charge in [-0.25, -0.2) is 0 Å². The number of halogens is 1. The normalized spacial score (nSPS) is 11.8. The third-order valence-corrected chi connectivity index (χ3v) is 4.64. The van der Waals surface area contributed by atoms with Gasteiger partial charge in [0.05, 0.1) is 5.52 Å². The lowest BCUT2D eigenvalue weighted by Gasteiger charge is -2.00. The molecule has 128 valence electrons.